The molecule has 1 atom stereocenters. The minimum Gasteiger partial charge on any atom is -0.383 e. The van der Waals surface area contributed by atoms with Crippen LogP contribution in [0.2, 0.25) is 5.02 Å². The first-order valence-corrected chi connectivity index (χ1v) is 13.6. The lowest BCUT2D eigenvalue weighted by Crippen LogP contribution is -2.20. The summed E-state index contributed by atoms with van der Waals surface area (Å²) in [5, 5.41) is 29.7. The van der Waals surface area contributed by atoms with Crippen LogP contribution >= 0.6 is 11.6 Å². The van der Waals surface area contributed by atoms with Gasteiger partial charge in [-0.25, -0.2) is 4.68 Å². The van der Waals surface area contributed by atoms with Gasteiger partial charge in [0.15, 0.2) is 0 Å². The fourth-order valence-electron chi connectivity index (χ4n) is 4.89. The Hall–Kier alpha value is -4.15. The number of aromatic nitrogens is 4. The van der Waals surface area contributed by atoms with E-state index >= 15 is 0 Å². The maximum atomic E-state index is 9.85. The first kappa shape index (κ1) is 25.1. The molecule has 0 amide bonds. The number of nitrogens with zero attached hydrogens (tertiary/aromatic N) is 5. The Labute approximate surface area is 232 Å². The van der Waals surface area contributed by atoms with Crippen LogP contribution < -0.4 is 10.6 Å². The zero-order valence-electron chi connectivity index (χ0n) is 22.2. The highest BCUT2D eigenvalue weighted by molar-refractivity contribution is 6.35. The van der Waals surface area contributed by atoms with E-state index < -0.39 is 0 Å². The second-order valence-electron chi connectivity index (χ2n) is 11.4. The summed E-state index contributed by atoms with van der Waals surface area (Å²) in [5.74, 6) is 0. The molecule has 1 aliphatic rings. The van der Waals surface area contributed by atoms with Crippen molar-refractivity contribution in [2.45, 2.75) is 45.7 Å². The lowest BCUT2D eigenvalue weighted by atomic mass is 9.96. The van der Waals surface area contributed by atoms with Gasteiger partial charge in [0.1, 0.15) is 11.8 Å². The Morgan fingerprint density at radius 3 is 2.67 bits per heavy atom. The van der Waals surface area contributed by atoms with Gasteiger partial charge < -0.3 is 10.6 Å². The molecule has 0 bridgehead atoms. The van der Waals surface area contributed by atoms with Crippen molar-refractivity contribution >= 4 is 44.7 Å². The summed E-state index contributed by atoms with van der Waals surface area (Å²) in [5.41, 5.74) is 4.64. The summed E-state index contributed by atoms with van der Waals surface area (Å²) in [6.45, 7) is 7.15. The molecule has 1 fully saturated rings. The Kier molecular flexibility index (Phi) is 6.36. The van der Waals surface area contributed by atoms with Gasteiger partial charge in [-0.05, 0) is 46.7 Å². The van der Waals surface area contributed by atoms with Crippen LogP contribution in [0, 0.1) is 16.7 Å². The number of nitrogens with one attached hydrogen (secondary N) is 2. The van der Waals surface area contributed by atoms with Gasteiger partial charge in [-0.1, -0.05) is 80.1 Å². The summed E-state index contributed by atoms with van der Waals surface area (Å²) in [6.07, 6.45) is 5.90. The number of hydrogen-bond donors (Lipinski definition) is 2. The SMILES string of the molecule is CC(C)(C)CNc1c(C#N)cnc2c(Cl)cc(NC(c3cn(C4CC4)nn3)c3cccc4ccccc34)cc12. The van der Waals surface area contributed by atoms with Gasteiger partial charge in [-0.2, -0.15) is 5.26 Å². The zero-order valence-corrected chi connectivity index (χ0v) is 23.0. The number of hydrogen-bond acceptors (Lipinski definition) is 6. The average Bonchev–Trinajstić information content (AvgIpc) is 3.66. The van der Waals surface area contributed by atoms with Gasteiger partial charge in [0.25, 0.3) is 0 Å². The van der Waals surface area contributed by atoms with Gasteiger partial charge in [-0.3, -0.25) is 4.98 Å². The van der Waals surface area contributed by atoms with Crippen LogP contribution in [0.25, 0.3) is 21.7 Å². The highest BCUT2D eigenvalue weighted by Gasteiger charge is 2.28. The fourth-order valence-corrected chi connectivity index (χ4v) is 5.16. The predicted octanol–water partition coefficient (Wildman–Crippen LogP) is 7.50. The number of anilines is 2. The van der Waals surface area contributed by atoms with Crippen molar-refractivity contribution in [1.29, 1.82) is 5.26 Å². The van der Waals surface area contributed by atoms with Crippen molar-refractivity contribution in [3.8, 4) is 6.07 Å². The predicted molar refractivity (Wildman–Crippen MR) is 157 cm³/mol. The first-order chi connectivity index (χ1) is 18.8. The molecule has 2 heterocycles. The molecule has 3 aromatic carbocycles. The second kappa shape index (κ2) is 9.87. The topological polar surface area (TPSA) is 91.5 Å². The Morgan fingerprint density at radius 2 is 1.90 bits per heavy atom. The number of pyridine rings is 1. The molecule has 0 spiro atoms. The van der Waals surface area contributed by atoms with E-state index in [2.05, 4.69) is 89.2 Å². The maximum Gasteiger partial charge on any atom is 0.109 e. The van der Waals surface area contributed by atoms with Crippen LogP contribution in [0.4, 0.5) is 11.4 Å². The van der Waals surface area contributed by atoms with Gasteiger partial charge in [0.2, 0.25) is 0 Å². The fraction of sp³-hybridized carbons (Fsp3) is 0.290. The van der Waals surface area contributed by atoms with Crippen LogP contribution in [0.15, 0.2) is 67.0 Å². The third-order valence-electron chi connectivity index (χ3n) is 7.03. The molecule has 196 valence electrons. The zero-order chi connectivity index (χ0) is 27.1. The van der Waals surface area contributed by atoms with E-state index in [1.807, 2.05) is 29.1 Å². The quantitative estimate of drug-likeness (QED) is 0.224. The van der Waals surface area contributed by atoms with Crippen LogP contribution in [-0.2, 0) is 0 Å². The van der Waals surface area contributed by atoms with E-state index in [0.717, 1.165) is 51.6 Å². The van der Waals surface area contributed by atoms with Crippen LogP contribution in [0.5, 0.6) is 0 Å². The normalized spacial score (nSPS) is 14.3. The maximum absolute atomic E-state index is 9.85. The molecule has 1 aliphatic carbocycles. The summed E-state index contributed by atoms with van der Waals surface area (Å²) in [6, 6.07) is 21.0. The molecule has 6 rings (SSSR count). The van der Waals surface area contributed by atoms with Crippen LogP contribution in [0.3, 0.4) is 0 Å². The van der Waals surface area contributed by atoms with Crippen molar-refractivity contribution in [2.24, 2.45) is 5.41 Å². The molecule has 0 aliphatic heterocycles. The number of fused-ring (bicyclic) bond motifs is 2. The van der Waals surface area contributed by atoms with Crippen LogP contribution in [0.1, 0.15) is 62.5 Å². The second-order valence-corrected chi connectivity index (χ2v) is 11.8. The molecule has 1 saturated carbocycles. The summed E-state index contributed by atoms with van der Waals surface area (Å²) in [4.78, 5) is 4.52. The monoisotopic (exact) mass is 535 g/mol. The van der Waals surface area contributed by atoms with E-state index in [-0.39, 0.29) is 11.5 Å². The van der Waals surface area contributed by atoms with Gasteiger partial charge in [0, 0.05) is 23.8 Å². The molecule has 39 heavy (non-hydrogen) atoms. The minimum absolute atomic E-state index is 0.0226. The number of rotatable bonds is 7. The number of nitriles is 1. The summed E-state index contributed by atoms with van der Waals surface area (Å²) in [7, 11) is 0. The smallest absolute Gasteiger partial charge is 0.109 e. The van der Waals surface area contributed by atoms with E-state index in [1.54, 1.807) is 6.20 Å². The van der Waals surface area contributed by atoms with Crippen molar-refractivity contribution < 1.29 is 0 Å². The highest BCUT2D eigenvalue weighted by atomic mass is 35.5. The summed E-state index contributed by atoms with van der Waals surface area (Å²) >= 11 is 6.80. The molecular formula is C31H30ClN7. The molecule has 8 heteroatoms. The van der Waals surface area contributed by atoms with E-state index in [4.69, 9.17) is 11.6 Å². The Bertz CT molecular complexity index is 1720. The van der Waals surface area contributed by atoms with Crippen molar-refractivity contribution in [3.05, 3.63) is 88.8 Å². The van der Waals surface area contributed by atoms with Gasteiger partial charge in [-0.15, -0.1) is 5.10 Å². The molecule has 0 saturated heterocycles. The van der Waals surface area contributed by atoms with E-state index in [1.165, 1.54) is 0 Å². The molecule has 5 aromatic rings. The molecule has 2 aromatic heterocycles. The van der Waals surface area contributed by atoms with Crippen molar-refractivity contribution in [2.75, 3.05) is 17.2 Å². The average molecular weight is 536 g/mol. The van der Waals surface area contributed by atoms with E-state index in [9.17, 15) is 5.26 Å². The lowest BCUT2D eigenvalue weighted by molar-refractivity contribution is 0.443. The molecule has 1 unspecified atom stereocenters. The van der Waals surface area contributed by atoms with Crippen molar-refractivity contribution in [3.63, 3.8) is 0 Å². The molecule has 0 radical (unpaired) electrons. The third kappa shape index (κ3) is 5.13. The number of halogens is 1. The standard InChI is InChI=1S/C31H30ClN7/c1-31(2,3)18-35-28-20(15-33)16-34-29-25(28)13-21(14-26(29)32)36-30(27-17-39(38-37-27)22-11-12-22)24-10-6-8-19-7-4-5-9-23(19)24/h4-10,13-14,16-17,22,30,36H,11-12,18H2,1-3H3,(H,34,35). The van der Waals surface area contributed by atoms with Crippen molar-refractivity contribution in [1.82, 2.24) is 20.0 Å². The molecular weight excluding hydrogens is 506 g/mol. The number of benzene rings is 3. The van der Waals surface area contributed by atoms with Gasteiger partial charge >= 0.3 is 0 Å². The van der Waals surface area contributed by atoms with Gasteiger partial charge in [0.05, 0.1) is 40.1 Å². The molecule has 7 nitrogen and oxygen atoms in total. The van der Waals surface area contributed by atoms with Crippen LogP contribution in [-0.4, -0.2) is 26.5 Å². The molecule has 2 N–H and O–H groups in total. The largest absolute Gasteiger partial charge is 0.383 e. The Balaban J connectivity index is 1.47. The van der Waals surface area contributed by atoms with E-state index in [0.29, 0.717) is 28.7 Å². The minimum atomic E-state index is -0.268. The summed E-state index contributed by atoms with van der Waals surface area (Å²) < 4.78 is 1.97. The highest BCUT2D eigenvalue weighted by Crippen LogP contribution is 2.38. The Morgan fingerprint density at radius 1 is 1.10 bits per heavy atom. The first-order valence-electron chi connectivity index (χ1n) is 13.2. The lowest BCUT2D eigenvalue weighted by Gasteiger charge is -2.23. The third-order valence-corrected chi connectivity index (χ3v) is 7.32.